The summed E-state index contributed by atoms with van der Waals surface area (Å²) in [6, 6.07) is 12.9. The Labute approximate surface area is 223 Å². The topological polar surface area (TPSA) is 84.0 Å². The lowest BCUT2D eigenvalue weighted by Gasteiger charge is -2.30. The van der Waals surface area contributed by atoms with Crippen LogP contribution >= 0.6 is 27.3 Å². The zero-order valence-corrected chi connectivity index (χ0v) is 23.1. The van der Waals surface area contributed by atoms with Gasteiger partial charge < -0.3 is 9.64 Å². The summed E-state index contributed by atoms with van der Waals surface area (Å²) >= 11 is 4.52. The molecule has 3 heterocycles. The second-order valence-corrected chi connectivity index (χ2v) is 13.8. The molecule has 0 aliphatic carbocycles. The summed E-state index contributed by atoms with van der Waals surface area (Å²) in [6.07, 6.45) is 2.04. The summed E-state index contributed by atoms with van der Waals surface area (Å²) in [4.78, 5) is 28.1. The number of carbonyl (C=O) groups is 2. The fraction of sp³-hybridized carbons (Fsp3) is 0.385. The highest BCUT2D eigenvalue weighted by molar-refractivity contribution is 9.11. The number of amides is 1. The van der Waals surface area contributed by atoms with Gasteiger partial charge in [-0.1, -0.05) is 18.2 Å². The van der Waals surface area contributed by atoms with Crippen LogP contribution in [-0.4, -0.2) is 57.8 Å². The third kappa shape index (κ3) is 4.65. The lowest BCUT2D eigenvalue weighted by atomic mass is 9.88. The van der Waals surface area contributed by atoms with Gasteiger partial charge in [0.25, 0.3) is 15.9 Å². The predicted octanol–water partition coefficient (Wildman–Crippen LogP) is 4.87. The molecule has 1 aromatic heterocycles. The predicted molar refractivity (Wildman–Crippen MR) is 144 cm³/mol. The van der Waals surface area contributed by atoms with Crippen LogP contribution in [0.5, 0.6) is 0 Å². The van der Waals surface area contributed by atoms with E-state index in [-0.39, 0.29) is 24.0 Å². The molecule has 2 aliphatic heterocycles. The summed E-state index contributed by atoms with van der Waals surface area (Å²) in [5.74, 6) is -0.0730. The van der Waals surface area contributed by atoms with Gasteiger partial charge in [0.15, 0.2) is 0 Å². The van der Waals surface area contributed by atoms with Gasteiger partial charge in [-0.2, -0.15) is 4.31 Å². The zero-order valence-electron chi connectivity index (χ0n) is 19.9. The monoisotopic (exact) mass is 590 g/mol. The smallest absolute Gasteiger partial charge is 0.258 e. The average molecular weight is 592 g/mol. The fourth-order valence-corrected chi connectivity index (χ4v) is 8.80. The van der Waals surface area contributed by atoms with Gasteiger partial charge in [-0.25, -0.2) is 8.42 Å². The number of Topliss-reactive ketones (excluding diaryl/α,β-unsaturated/α-hetero) is 1. The molecule has 0 spiro atoms. The zero-order chi connectivity index (χ0) is 25.4. The van der Waals surface area contributed by atoms with E-state index in [9.17, 15) is 18.0 Å². The molecule has 3 aromatic rings. The molecule has 1 amide bonds. The van der Waals surface area contributed by atoms with Crippen molar-refractivity contribution in [1.82, 2.24) is 4.31 Å². The number of rotatable bonds is 9. The van der Waals surface area contributed by atoms with Crippen LogP contribution in [0.15, 0.2) is 50.5 Å². The van der Waals surface area contributed by atoms with Gasteiger partial charge >= 0.3 is 0 Å². The van der Waals surface area contributed by atoms with Crippen LogP contribution < -0.4 is 4.90 Å². The maximum absolute atomic E-state index is 13.3. The van der Waals surface area contributed by atoms with Crippen LogP contribution in [0.1, 0.15) is 35.2 Å². The number of ketones is 1. The maximum Gasteiger partial charge on any atom is 0.258 e. The number of sulfonamides is 1. The summed E-state index contributed by atoms with van der Waals surface area (Å²) in [7, 11) is -1.88. The Morgan fingerprint density at radius 2 is 1.92 bits per heavy atom. The Balaban J connectivity index is 1.30. The van der Waals surface area contributed by atoms with Crippen LogP contribution in [0.25, 0.3) is 10.8 Å². The standard InChI is InChI=1S/C26H27BrN2O5S2/c1-34-15-3-12-29-21-7-6-18(19-4-2-5-20(25(19)21)26(29)31)16-22(30)17-10-13-28(14-11-17)36(32,33)24-9-8-23(27)35-24/h2,4-9,17H,3,10-16H2,1H3. The van der Waals surface area contributed by atoms with Gasteiger partial charge in [0.05, 0.1) is 9.47 Å². The molecule has 7 nitrogen and oxygen atoms in total. The summed E-state index contributed by atoms with van der Waals surface area (Å²) in [6.45, 7) is 1.84. The van der Waals surface area contributed by atoms with Crippen LogP contribution in [0.2, 0.25) is 0 Å². The number of hydrogen-bond acceptors (Lipinski definition) is 6. The van der Waals surface area contributed by atoms with Crippen molar-refractivity contribution in [3.63, 3.8) is 0 Å². The van der Waals surface area contributed by atoms with Crippen molar-refractivity contribution in [3.05, 3.63) is 57.4 Å². The molecule has 0 atom stereocenters. The summed E-state index contributed by atoms with van der Waals surface area (Å²) < 4.78 is 33.5. The largest absolute Gasteiger partial charge is 0.385 e. The minimum atomic E-state index is -3.53. The van der Waals surface area contributed by atoms with Crippen molar-refractivity contribution >= 4 is 65.4 Å². The highest BCUT2D eigenvalue weighted by Gasteiger charge is 2.34. The Morgan fingerprint density at radius 1 is 1.14 bits per heavy atom. The van der Waals surface area contributed by atoms with Gasteiger partial charge in [-0.3, -0.25) is 9.59 Å². The van der Waals surface area contributed by atoms with Crippen LogP contribution in [0.3, 0.4) is 0 Å². The second-order valence-electron chi connectivity index (χ2n) is 9.16. The lowest BCUT2D eigenvalue weighted by Crippen LogP contribution is -2.40. The van der Waals surface area contributed by atoms with Gasteiger partial charge in [0, 0.05) is 56.6 Å². The van der Waals surface area contributed by atoms with E-state index in [0.29, 0.717) is 48.9 Å². The van der Waals surface area contributed by atoms with Gasteiger partial charge in [0.1, 0.15) is 9.99 Å². The molecule has 1 saturated heterocycles. The number of piperidine rings is 1. The molecule has 0 unspecified atom stereocenters. The van der Waals surface area contributed by atoms with Crippen molar-refractivity contribution in [3.8, 4) is 0 Å². The first-order chi connectivity index (χ1) is 17.3. The number of halogens is 1. The molecule has 2 aliphatic rings. The Bertz CT molecular complexity index is 1430. The molecule has 0 N–H and O–H groups in total. The van der Waals surface area contributed by atoms with E-state index in [1.54, 1.807) is 24.1 Å². The molecule has 36 heavy (non-hydrogen) atoms. The molecule has 2 aromatic carbocycles. The first-order valence-corrected chi connectivity index (χ1v) is 15.0. The third-order valence-electron chi connectivity index (χ3n) is 7.02. The van der Waals surface area contributed by atoms with Crippen molar-refractivity contribution in [2.24, 2.45) is 5.92 Å². The van der Waals surface area contributed by atoms with Gasteiger partial charge in [-0.05, 0) is 70.4 Å². The van der Waals surface area contributed by atoms with E-state index < -0.39 is 10.0 Å². The van der Waals surface area contributed by atoms with E-state index in [1.165, 1.54) is 15.6 Å². The minimum absolute atomic E-state index is 0.0125. The van der Waals surface area contributed by atoms with Crippen LogP contribution in [0.4, 0.5) is 5.69 Å². The van der Waals surface area contributed by atoms with E-state index in [0.717, 1.165) is 32.2 Å². The van der Waals surface area contributed by atoms with E-state index >= 15 is 0 Å². The van der Waals surface area contributed by atoms with Gasteiger partial charge in [0.2, 0.25) is 0 Å². The lowest BCUT2D eigenvalue weighted by molar-refractivity contribution is -0.123. The van der Waals surface area contributed by atoms with E-state index in [2.05, 4.69) is 15.9 Å². The molecule has 1 fully saturated rings. The molecule has 190 valence electrons. The Hall–Kier alpha value is -2.11. The number of nitrogens with zero attached hydrogens (tertiary/aromatic N) is 2. The highest BCUT2D eigenvalue weighted by Crippen LogP contribution is 2.39. The molecular formula is C26H27BrN2O5S2. The number of hydrogen-bond donors (Lipinski definition) is 0. The summed E-state index contributed by atoms with van der Waals surface area (Å²) in [5.41, 5.74) is 2.47. The number of anilines is 1. The number of carbonyl (C=O) groups excluding carboxylic acids is 2. The number of thiophene rings is 1. The molecule has 5 rings (SSSR count). The minimum Gasteiger partial charge on any atom is -0.385 e. The SMILES string of the molecule is COCCCN1C(=O)c2cccc3c(CC(=O)C4CCN(S(=O)(=O)c5ccc(Br)s5)CC4)ccc1c23. The number of benzene rings is 2. The number of methoxy groups -OCH3 is 1. The van der Waals surface area contributed by atoms with Crippen molar-refractivity contribution < 1.29 is 22.7 Å². The van der Waals surface area contributed by atoms with E-state index in [4.69, 9.17) is 4.74 Å². The second kappa shape index (κ2) is 10.3. The molecule has 0 saturated carbocycles. The molecule has 0 bridgehead atoms. The quantitative estimate of drug-likeness (QED) is 0.332. The maximum atomic E-state index is 13.3. The molecular weight excluding hydrogens is 564 g/mol. The first kappa shape index (κ1) is 25.5. The first-order valence-electron chi connectivity index (χ1n) is 11.9. The van der Waals surface area contributed by atoms with Crippen molar-refractivity contribution in [2.75, 3.05) is 38.3 Å². The molecule has 0 radical (unpaired) electrons. The summed E-state index contributed by atoms with van der Waals surface area (Å²) in [5, 5.41) is 1.84. The van der Waals surface area contributed by atoms with Crippen molar-refractivity contribution in [2.45, 2.75) is 29.9 Å². The fourth-order valence-electron chi connectivity index (χ4n) is 5.16. The average Bonchev–Trinajstić information content (AvgIpc) is 3.44. The third-order valence-corrected chi connectivity index (χ3v) is 11.0. The number of ether oxygens (including phenoxy) is 1. The van der Waals surface area contributed by atoms with Gasteiger partial charge in [-0.15, -0.1) is 11.3 Å². The molecule has 10 heteroatoms. The Morgan fingerprint density at radius 3 is 2.61 bits per heavy atom. The van der Waals surface area contributed by atoms with Crippen LogP contribution in [0, 0.1) is 5.92 Å². The van der Waals surface area contributed by atoms with Crippen molar-refractivity contribution in [1.29, 1.82) is 0 Å². The normalized spacial score (nSPS) is 16.8. The van der Waals surface area contributed by atoms with Crippen LogP contribution in [-0.2, 0) is 26.0 Å². The van der Waals surface area contributed by atoms with E-state index in [1.807, 2.05) is 30.3 Å². The Kier molecular flexibility index (Phi) is 7.33. The highest BCUT2D eigenvalue weighted by atomic mass is 79.9.